The third-order valence-corrected chi connectivity index (χ3v) is 6.73. The number of ketones is 1. The van der Waals surface area contributed by atoms with Gasteiger partial charge in [-0.2, -0.15) is 8.78 Å². The minimum Gasteiger partial charge on any atom is -0.324 e. The van der Waals surface area contributed by atoms with Gasteiger partial charge in [-0.3, -0.25) is 9.36 Å². The number of nitrogens with one attached hydrogen (secondary N) is 1. The van der Waals surface area contributed by atoms with E-state index in [0.717, 1.165) is 0 Å². The van der Waals surface area contributed by atoms with Gasteiger partial charge in [0.1, 0.15) is 0 Å². The molecule has 2 rings (SSSR count). The Hall–Kier alpha value is -1.73. The third-order valence-electron chi connectivity index (χ3n) is 3.37. The van der Waals surface area contributed by atoms with Crippen LogP contribution in [0.15, 0.2) is 54.6 Å². The van der Waals surface area contributed by atoms with E-state index in [9.17, 15) is 18.1 Å². The van der Waals surface area contributed by atoms with Crippen LogP contribution in [0.1, 0.15) is 29.8 Å². The average molecular weight is 415 g/mol. The molecule has 0 unspecified atom stereocenters. The molecular formula is C18H20F2NO4PS. The minimum absolute atomic E-state index is 0.0729. The lowest BCUT2D eigenvalue weighted by atomic mass is 10.0. The first-order valence-corrected chi connectivity index (χ1v) is 10.6. The van der Waals surface area contributed by atoms with Gasteiger partial charge in [0.05, 0.1) is 13.2 Å². The number of carbonyl (C=O) groups excluding carboxylic acids is 1. The van der Waals surface area contributed by atoms with Crippen molar-refractivity contribution >= 4 is 31.0 Å². The van der Waals surface area contributed by atoms with Gasteiger partial charge in [0.15, 0.2) is 5.78 Å². The molecule has 0 aliphatic carbocycles. The molecular weight excluding hydrogens is 395 g/mol. The Morgan fingerprint density at radius 3 is 2.22 bits per heavy atom. The predicted molar refractivity (Wildman–Crippen MR) is 103 cm³/mol. The first-order chi connectivity index (χ1) is 12.8. The van der Waals surface area contributed by atoms with Crippen LogP contribution in [0.2, 0.25) is 0 Å². The highest BCUT2D eigenvalue weighted by atomic mass is 32.2. The van der Waals surface area contributed by atoms with Gasteiger partial charge in [0.25, 0.3) is 0 Å². The summed E-state index contributed by atoms with van der Waals surface area (Å²) < 4.78 is 52.9. The Morgan fingerprint density at radius 2 is 1.63 bits per heavy atom. The van der Waals surface area contributed by atoms with Gasteiger partial charge in [-0.1, -0.05) is 42.5 Å². The van der Waals surface area contributed by atoms with Gasteiger partial charge in [-0.25, -0.2) is 0 Å². The van der Waals surface area contributed by atoms with Crippen molar-refractivity contribution < 1.29 is 27.2 Å². The number of hydrogen-bond donors (Lipinski definition) is 1. The average Bonchev–Trinajstić information content (AvgIpc) is 2.67. The quantitative estimate of drug-likeness (QED) is 0.301. The maximum absolute atomic E-state index is 14.4. The Morgan fingerprint density at radius 1 is 1.04 bits per heavy atom. The lowest BCUT2D eigenvalue weighted by Gasteiger charge is -2.25. The lowest BCUT2D eigenvalue weighted by Crippen LogP contribution is -2.18. The number of rotatable bonds is 10. The topological polar surface area (TPSA) is 64.6 Å². The van der Waals surface area contributed by atoms with Crippen LogP contribution in [-0.4, -0.2) is 24.0 Å². The van der Waals surface area contributed by atoms with Crippen molar-refractivity contribution in [2.75, 3.05) is 17.9 Å². The zero-order valence-corrected chi connectivity index (χ0v) is 16.6. The lowest BCUT2D eigenvalue weighted by molar-refractivity contribution is 0.103. The normalized spacial score (nSPS) is 12.0. The second-order valence-corrected chi connectivity index (χ2v) is 8.60. The highest BCUT2D eigenvalue weighted by Crippen LogP contribution is 2.66. The number of benzene rings is 2. The first-order valence-electron chi connectivity index (χ1n) is 8.24. The summed E-state index contributed by atoms with van der Waals surface area (Å²) in [5, 5.41) is 0. The van der Waals surface area contributed by atoms with E-state index >= 15 is 0 Å². The molecule has 0 aliphatic heterocycles. The molecule has 0 radical (unpaired) electrons. The summed E-state index contributed by atoms with van der Waals surface area (Å²) in [6.07, 6.45) is 0. The van der Waals surface area contributed by atoms with Crippen LogP contribution < -0.4 is 4.72 Å². The Labute approximate surface area is 161 Å². The van der Waals surface area contributed by atoms with E-state index in [2.05, 4.69) is 4.72 Å². The fourth-order valence-corrected chi connectivity index (χ4v) is 4.51. The predicted octanol–water partition coefficient (Wildman–Crippen LogP) is 5.79. The van der Waals surface area contributed by atoms with Gasteiger partial charge < -0.3 is 13.8 Å². The number of carbonyl (C=O) groups is 1. The van der Waals surface area contributed by atoms with Crippen molar-refractivity contribution in [1.29, 1.82) is 0 Å². The molecule has 0 amide bonds. The molecule has 0 aromatic heterocycles. The van der Waals surface area contributed by atoms with E-state index in [4.69, 9.17) is 9.05 Å². The van der Waals surface area contributed by atoms with Crippen LogP contribution in [0.4, 0.5) is 14.5 Å². The number of alkyl halides is 2. The maximum atomic E-state index is 14.4. The molecule has 27 heavy (non-hydrogen) atoms. The Bertz CT molecular complexity index is 810. The highest BCUT2D eigenvalue weighted by molar-refractivity contribution is 8.07. The monoisotopic (exact) mass is 415 g/mol. The highest BCUT2D eigenvalue weighted by Gasteiger charge is 2.54. The van der Waals surface area contributed by atoms with E-state index in [1.54, 1.807) is 42.5 Å². The molecule has 9 heteroatoms. The zero-order chi connectivity index (χ0) is 19.9. The van der Waals surface area contributed by atoms with Crippen LogP contribution in [0.3, 0.4) is 0 Å². The van der Waals surface area contributed by atoms with E-state index < -0.39 is 12.6 Å². The maximum Gasteiger partial charge on any atom is 0.412 e. The second-order valence-electron chi connectivity index (χ2n) is 5.30. The van der Waals surface area contributed by atoms with Crippen LogP contribution in [-0.2, 0) is 13.6 Å². The number of hydrogen-bond acceptors (Lipinski definition) is 6. The van der Waals surface area contributed by atoms with Crippen LogP contribution in [0.25, 0.3) is 0 Å². The van der Waals surface area contributed by atoms with Gasteiger partial charge >= 0.3 is 12.6 Å². The SMILES string of the molecule is CCOP(=O)(OCC)C(F)(F)SNc1cccc(C(=O)c2ccccc2)c1. The molecule has 0 saturated carbocycles. The van der Waals surface area contributed by atoms with Crippen LogP contribution in [0.5, 0.6) is 0 Å². The molecule has 2 aromatic rings. The summed E-state index contributed by atoms with van der Waals surface area (Å²) in [6.45, 7) is 2.57. The molecule has 0 fully saturated rings. The fourth-order valence-electron chi connectivity index (χ4n) is 2.18. The van der Waals surface area contributed by atoms with Gasteiger partial charge in [0, 0.05) is 28.8 Å². The van der Waals surface area contributed by atoms with Crippen molar-refractivity contribution in [1.82, 2.24) is 0 Å². The Balaban J connectivity index is 2.14. The second kappa shape index (κ2) is 9.46. The van der Waals surface area contributed by atoms with Gasteiger partial charge in [-0.15, -0.1) is 0 Å². The van der Waals surface area contributed by atoms with Crippen molar-refractivity contribution in [2.45, 2.75) is 18.8 Å². The van der Waals surface area contributed by atoms with Crippen LogP contribution in [0, 0.1) is 0 Å². The zero-order valence-electron chi connectivity index (χ0n) is 14.9. The number of halogens is 2. The molecule has 146 valence electrons. The number of anilines is 1. The summed E-state index contributed by atoms with van der Waals surface area (Å²) in [7, 11) is -4.64. The molecule has 5 nitrogen and oxygen atoms in total. The molecule has 0 spiro atoms. The molecule has 0 aliphatic rings. The van der Waals surface area contributed by atoms with Crippen LogP contribution >= 0.6 is 19.5 Å². The van der Waals surface area contributed by atoms with Crippen molar-refractivity contribution in [2.24, 2.45) is 0 Å². The molecule has 0 heterocycles. The summed E-state index contributed by atoms with van der Waals surface area (Å²) in [5.74, 6) is -0.231. The van der Waals surface area contributed by atoms with Gasteiger partial charge in [0.2, 0.25) is 0 Å². The summed E-state index contributed by atoms with van der Waals surface area (Å²) >= 11 is -0.0729. The molecule has 0 bridgehead atoms. The van der Waals surface area contributed by atoms with E-state index in [1.807, 2.05) is 0 Å². The van der Waals surface area contributed by atoms with E-state index in [0.29, 0.717) is 11.1 Å². The fraction of sp³-hybridized carbons (Fsp3) is 0.278. The molecule has 0 saturated heterocycles. The largest absolute Gasteiger partial charge is 0.412 e. The Kier molecular flexibility index (Phi) is 7.56. The third kappa shape index (κ3) is 5.39. The summed E-state index contributed by atoms with van der Waals surface area (Å²) in [5.41, 5.74) is 1.10. The van der Waals surface area contributed by atoms with E-state index in [1.165, 1.54) is 26.0 Å². The summed E-state index contributed by atoms with van der Waals surface area (Å²) in [6, 6.07) is 14.8. The van der Waals surface area contributed by atoms with Gasteiger partial charge in [-0.05, 0) is 26.0 Å². The van der Waals surface area contributed by atoms with Crippen molar-refractivity contribution in [3.05, 3.63) is 65.7 Å². The van der Waals surface area contributed by atoms with Crippen molar-refractivity contribution in [3.8, 4) is 0 Å². The van der Waals surface area contributed by atoms with E-state index in [-0.39, 0.29) is 36.6 Å². The molecule has 2 aromatic carbocycles. The summed E-state index contributed by atoms with van der Waals surface area (Å²) in [4.78, 5) is 8.65. The first kappa shape index (κ1) is 21.6. The molecule has 0 atom stereocenters. The smallest absolute Gasteiger partial charge is 0.324 e. The molecule has 1 N–H and O–H groups in total. The van der Waals surface area contributed by atoms with Crippen molar-refractivity contribution in [3.63, 3.8) is 0 Å². The standard InChI is InChI=1S/C18H20F2NO4PS/c1-3-24-26(23,25-4-2)18(19,20)27-21-16-12-8-11-15(13-16)17(22)14-9-6-5-7-10-14/h5-13,21H,3-4H2,1-2H3. The minimum atomic E-state index is -4.64.